The van der Waals surface area contributed by atoms with Crippen molar-refractivity contribution < 1.29 is 33.4 Å². The summed E-state index contributed by atoms with van der Waals surface area (Å²) in [4.78, 5) is 29.7. The van der Waals surface area contributed by atoms with E-state index in [1.54, 1.807) is 0 Å². The van der Waals surface area contributed by atoms with E-state index in [0.29, 0.717) is 6.07 Å². The van der Waals surface area contributed by atoms with Gasteiger partial charge in [0.15, 0.2) is 11.9 Å². The van der Waals surface area contributed by atoms with Crippen LogP contribution in [0.1, 0.15) is 15.9 Å². The van der Waals surface area contributed by atoms with Crippen molar-refractivity contribution in [1.82, 2.24) is 15.0 Å². The number of amides is 1. The fourth-order valence-electron chi connectivity index (χ4n) is 2.94. The van der Waals surface area contributed by atoms with Gasteiger partial charge in [0.1, 0.15) is 17.2 Å². The first kappa shape index (κ1) is 22.9. The van der Waals surface area contributed by atoms with Crippen molar-refractivity contribution in [3.8, 4) is 5.88 Å². The van der Waals surface area contributed by atoms with Crippen molar-refractivity contribution in [2.45, 2.75) is 12.8 Å². The van der Waals surface area contributed by atoms with E-state index in [2.05, 4.69) is 15.6 Å². The molecular weight excluding hydrogens is 430 g/mol. The number of benzene rings is 1. The molecule has 0 aliphatic heterocycles. The Morgan fingerprint density at radius 1 is 1.25 bits per heavy atom. The second-order valence-corrected chi connectivity index (χ2v) is 6.58. The van der Waals surface area contributed by atoms with Crippen LogP contribution >= 0.6 is 0 Å². The molecule has 1 atom stereocenters. The Morgan fingerprint density at radius 3 is 2.66 bits per heavy atom. The fraction of sp³-hybridized carbons (Fsp3) is 0.250. The summed E-state index contributed by atoms with van der Waals surface area (Å²) in [6.45, 7) is -0.561. The summed E-state index contributed by atoms with van der Waals surface area (Å²) < 4.78 is 36.9. The number of nitrogens with one attached hydrogen (secondary N) is 2. The highest BCUT2D eigenvalue weighted by Crippen LogP contribution is 2.26. The van der Waals surface area contributed by atoms with Gasteiger partial charge in [-0.15, -0.1) is 4.73 Å². The third kappa shape index (κ3) is 4.60. The Hall–Kier alpha value is -3.77. The maximum atomic E-state index is 13.9. The molecule has 1 amide bonds. The van der Waals surface area contributed by atoms with Gasteiger partial charge in [0.05, 0.1) is 19.3 Å². The Bertz CT molecular complexity index is 1220. The number of aliphatic hydroxyl groups excluding tert-OH is 1. The van der Waals surface area contributed by atoms with Gasteiger partial charge in [0, 0.05) is 36.7 Å². The van der Waals surface area contributed by atoms with Gasteiger partial charge < -0.3 is 30.4 Å². The van der Waals surface area contributed by atoms with E-state index in [0.717, 1.165) is 12.1 Å². The van der Waals surface area contributed by atoms with Crippen molar-refractivity contribution in [3.63, 3.8) is 0 Å². The molecule has 3 aromatic rings. The number of ether oxygens (including phenoxy) is 2. The number of aromatic nitrogens is 2. The third-order valence-corrected chi connectivity index (χ3v) is 4.59. The second-order valence-electron chi connectivity index (χ2n) is 6.58. The van der Waals surface area contributed by atoms with Crippen molar-refractivity contribution in [2.75, 3.05) is 26.1 Å². The number of methoxy groups -OCH3 is 2. The number of rotatable bonds is 8. The minimum atomic E-state index is -1.27. The average Bonchev–Trinajstić information content (AvgIpc) is 2.79. The fourth-order valence-corrected chi connectivity index (χ4v) is 2.94. The summed E-state index contributed by atoms with van der Waals surface area (Å²) in [5.41, 5.74) is -1.90. The highest BCUT2D eigenvalue weighted by atomic mass is 19.1. The zero-order valence-corrected chi connectivity index (χ0v) is 17.1. The van der Waals surface area contributed by atoms with E-state index >= 15 is 0 Å². The predicted molar refractivity (Wildman–Crippen MR) is 109 cm³/mol. The molecule has 32 heavy (non-hydrogen) atoms. The van der Waals surface area contributed by atoms with Crippen molar-refractivity contribution in [2.24, 2.45) is 0 Å². The van der Waals surface area contributed by atoms with Crippen LogP contribution in [-0.2, 0) is 11.3 Å². The standard InChI is InChI=1S/C20H20F2N4O6/c1-31-14-6-5-12-17(23-9-15(27)32-2)16(20(29)26(30)18(12)25-14)19(28)24-8-10-3-4-11(21)7-13(10)22/h3-7,15,23,27,30H,8-9H2,1-2H3,(H,24,28). The van der Waals surface area contributed by atoms with Crippen LogP contribution in [-0.4, -0.2) is 53.0 Å². The van der Waals surface area contributed by atoms with Gasteiger partial charge in [0.2, 0.25) is 5.88 Å². The first-order valence-electron chi connectivity index (χ1n) is 9.26. The summed E-state index contributed by atoms with van der Waals surface area (Å²) >= 11 is 0. The van der Waals surface area contributed by atoms with Crippen LogP contribution in [0.4, 0.5) is 14.5 Å². The molecule has 170 valence electrons. The van der Waals surface area contributed by atoms with Crippen LogP contribution in [0, 0.1) is 11.6 Å². The van der Waals surface area contributed by atoms with Crippen LogP contribution in [0.25, 0.3) is 11.0 Å². The van der Waals surface area contributed by atoms with E-state index in [9.17, 15) is 28.7 Å². The lowest BCUT2D eigenvalue weighted by Gasteiger charge is -2.17. The van der Waals surface area contributed by atoms with Gasteiger partial charge in [-0.05, 0) is 12.1 Å². The van der Waals surface area contributed by atoms with Gasteiger partial charge in [-0.2, -0.15) is 4.98 Å². The molecule has 0 aliphatic rings. The molecule has 2 heterocycles. The number of hydrogen-bond acceptors (Lipinski definition) is 8. The molecule has 0 bridgehead atoms. The largest absolute Gasteiger partial charge is 0.481 e. The molecule has 1 unspecified atom stereocenters. The second kappa shape index (κ2) is 9.58. The number of fused-ring (bicyclic) bond motifs is 1. The maximum absolute atomic E-state index is 13.9. The minimum absolute atomic E-state index is 0.0134. The number of halogens is 2. The number of anilines is 1. The van der Waals surface area contributed by atoms with Crippen molar-refractivity contribution >= 4 is 22.6 Å². The molecule has 0 aliphatic carbocycles. The highest BCUT2D eigenvalue weighted by molar-refractivity contribution is 6.06. The smallest absolute Gasteiger partial charge is 0.299 e. The predicted octanol–water partition coefficient (Wildman–Crippen LogP) is 1.23. The van der Waals surface area contributed by atoms with Crippen LogP contribution in [0.2, 0.25) is 0 Å². The summed E-state index contributed by atoms with van der Waals surface area (Å²) in [6, 6.07) is 5.74. The van der Waals surface area contributed by atoms with Crippen LogP contribution < -0.4 is 20.9 Å². The molecule has 2 aromatic heterocycles. The zero-order valence-electron chi connectivity index (χ0n) is 17.1. The zero-order chi connectivity index (χ0) is 23.4. The van der Waals surface area contributed by atoms with Crippen molar-refractivity contribution in [3.05, 3.63) is 63.4 Å². The lowest BCUT2D eigenvalue weighted by Crippen LogP contribution is -2.35. The van der Waals surface area contributed by atoms with Gasteiger partial charge in [-0.3, -0.25) is 9.59 Å². The van der Waals surface area contributed by atoms with E-state index in [1.807, 2.05) is 0 Å². The minimum Gasteiger partial charge on any atom is -0.481 e. The highest BCUT2D eigenvalue weighted by Gasteiger charge is 2.24. The Kier molecular flexibility index (Phi) is 6.85. The molecule has 12 heteroatoms. The van der Waals surface area contributed by atoms with Crippen LogP contribution in [0.5, 0.6) is 5.88 Å². The molecule has 0 fully saturated rings. The summed E-state index contributed by atoms with van der Waals surface area (Å²) in [7, 11) is 2.60. The monoisotopic (exact) mass is 450 g/mol. The van der Waals surface area contributed by atoms with Crippen molar-refractivity contribution in [1.29, 1.82) is 0 Å². The summed E-state index contributed by atoms with van der Waals surface area (Å²) in [5.74, 6) is -2.50. The Labute approximate surface area is 180 Å². The number of pyridine rings is 2. The number of carbonyl (C=O) groups excluding carboxylic acids is 1. The third-order valence-electron chi connectivity index (χ3n) is 4.59. The topological polar surface area (TPSA) is 135 Å². The first-order valence-corrected chi connectivity index (χ1v) is 9.26. The van der Waals surface area contributed by atoms with E-state index in [1.165, 1.54) is 26.4 Å². The first-order chi connectivity index (χ1) is 15.3. The average molecular weight is 450 g/mol. The van der Waals surface area contributed by atoms with Gasteiger partial charge in [-0.1, -0.05) is 6.07 Å². The number of nitrogens with zero attached hydrogens (tertiary/aromatic N) is 2. The van der Waals surface area contributed by atoms with Crippen LogP contribution in [0.3, 0.4) is 0 Å². The summed E-state index contributed by atoms with van der Waals surface area (Å²) in [5, 5.41) is 25.3. The number of aliphatic hydroxyl groups is 1. The molecule has 0 spiro atoms. The Morgan fingerprint density at radius 2 is 2.00 bits per heavy atom. The van der Waals surface area contributed by atoms with Gasteiger partial charge in [-0.25, -0.2) is 8.78 Å². The van der Waals surface area contributed by atoms with Crippen LogP contribution in [0.15, 0.2) is 35.1 Å². The van der Waals surface area contributed by atoms with Gasteiger partial charge in [0.25, 0.3) is 11.5 Å². The molecule has 1 aromatic carbocycles. The van der Waals surface area contributed by atoms with E-state index in [4.69, 9.17) is 9.47 Å². The molecule has 4 N–H and O–H groups in total. The normalized spacial score (nSPS) is 11.9. The SMILES string of the molecule is COc1ccc2c(NCC(O)OC)c(C(=O)NCc3ccc(F)cc3F)c(=O)n(O)c2n1. The quantitative estimate of drug-likeness (QED) is 0.297. The summed E-state index contributed by atoms with van der Waals surface area (Å²) in [6.07, 6.45) is -1.27. The molecule has 10 nitrogen and oxygen atoms in total. The molecular formula is C20H20F2N4O6. The molecule has 0 saturated heterocycles. The maximum Gasteiger partial charge on any atom is 0.299 e. The number of carbonyl (C=O) groups is 1. The van der Waals surface area contributed by atoms with E-state index in [-0.39, 0.29) is 46.0 Å². The molecule has 3 rings (SSSR count). The Balaban J connectivity index is 2.05. The molecule has 0 radical (unpaired) electrons. The number of hydrogen-bond donors (Lipinski definition) is 4. The molecule has 0 saturated carbocycles. The lowest BCUT2D eigenvalue weighted by molar-refractivity contribution is -0.0624. The lowest BCUT2D eigenvalue weighted by atomic mass is 10.1. The van der Waals surface area contributed by atoms with Gasteiger partial charge >= 0.3 is 0 Å². The van der Waals surface area contributed by atoms with E-state index < -0.39 is 35.0 Å².